The standard InChI is InChI=1S/C47H51N3O10/c48-50-49-40-44(55-28-35-20-10-3-11-21-35)43(39(32-54-27-34-18-8-2-9-19-34)59-46(40)57-30-37-24-14-5-15-25-37)60-47-45(56-29-36-22-12-4-13-23-36)42(52)41(51)38(58-47)31-53-26-33-16-6-1-7-17-33/h1-25,38-47,51-52H,26-32H2/t38-,39-,40-,41+,42+,43-,44-,45-,46-,47+/m1/s1. The van der Waals surface area contributed by atoms with Gasteiger partial charge >= 0.3 is 0 Å². The molecule has 0 unspecified atom stereocenters. The molecule has 13 nitrogen and oxygen atoms in total. The highest BCUT2D eigenvalue weighted by atomic mass is 16.7. The molecule has 0 aliphatic carbocycles. The molecule has 10 atom stereocenters. The van der Waals surface area contributed by atoms with E-state index in [2.05, 4.69) is 10.0 Å². The summed E-state index contributed by atoms with van der Waals surface area (Å²) in [5, 5.41) is 27.4. The second-order valence-corrected chi connectivity index (χ2v) is 14.7. The van der Waals surface area contributed by atoms with Crippen molar-refractivity contribution in [1.82, 2.24) is 0 Å². The van der Waals surface area contributed by atoms with Gasteiger partial charge in [0.25, 0.3) is 0 Å². The second kappa shape index (κ2) is 22.6. The molecule has 5 aromatic rings. The Morgan fingerprint density at radius 3 is 1.33 bits per heavy atom. The van der Waals surface area contributed by atoms with Gasteiger partial charge < -0.3 is 48.1 Å². The van der Waals surface area contributed by atoms with Crippen LogP contribution in [-0.2, 0) is 70.9 Å². The van der Waals surface area contributed by atoms with Gasteiger partial charge in [0.2, 0.25) is 0 Å². The molecule has 0 aromatic heterocycles. The third-order valence-electron chi connectivity index (χ3n) is 10.4. The van der Waals surface area contributed by atoms with Crippen LogP contribution in [0.1, 0.15) is 27.8 Å². The fourth-order valence-electron chi connectivity index (χ4n) is 7.21. The third kappa shape index (κ3) is 12.1. The van der Waals surface area contributed by atoms with E-state index >= 15 is 0 Å². The van der Waals surface area contributed by atoms with Crippen LogP contribution in [0.3, 0.4) is 0 Å². The van der Waals surface area contributed by atoms with Crippen molar-refractivity contribution in [1.29, 1.82) is 0 Å². The molecule has 13 heteroatoms. The number of hydrogen-bond donors (Lipinski definition) is 2. The van der Waals surface area contributed by atoms with E-state index < -0.39 is 61.3 Å². The Morgan fingerprint density at radius 2 is 0.867 bits per heavy atom. The minimum absolute atomic E-state index is 0.00992. The molecule has 0 saturated carbocycles. The first-order valence-corrected chi connectivity index (χ1v) is 20.1. The quantitative estimate of drug-likeness (QED) is 0.0473. The van der Waals surface area contributed by atoms with E-state index in [1.807, 2.05) is 152 Å². The summed E-state index contributed by atoms with van der Waals surface area (Å²) in [7, 11) is 0. The highest BCUT2D eigenvalue weighted by Crippen LogP contribution is 2.35. The van der Waals surface area contributed by atoms with E-state index in [0.717, 1.165) is 27.8 Å². The number of nitrogens with zero attached hydrogens (tertiary/aromatic N) is 3. The smallest absolute Gasteiger partial charge is 0.187 e. The Labute approximate surface area is 349 Å². The zero-order chi connectivity index (χ0) is 41.4. The maximum Gasteiger partial charge on any atom is 0.187 e. The summed E-state index contributed by atoms with van der Waals surface area (Å²) >= 11 is 0. The molecule has 2 N–H and O–H groups in total. The molecule has 0 spiro atoms. The lowest BCUT2D eigenvalue weighted by atomic mass is 9.95. The Hall–Kier alpha value is -4.99. The van der Waals surface area contributed by atoms with Crippen molar-refractivity contribution in [2.75, 3.05) is 13.2 Å². The van der Waals surface area contributed by atoms with Crippen molar-refractivity contribution in [3.8, 4) is 0 Å². The van der Waals surface area contributed by atoms with E-state index in [-0.39, 0.29) is 46.2 Å². The van der Waals surface area contributed by atoms with Crippen molar-refractivity contribution in [3.05, 3.63) is 190 Å². The van der Waals surface area contributed by atoms with Gasteiger partial charge in [0.15, 0.2) is 12.6 Å². The van der Waals surface area contributed by atoms with Gasteiger partial charge in [-0.3, -0.25) is 0 Å². The first-order valence-electron chi connectivity index (χ1n) is 20.1. The minimum Gasteiger partial charge on any atom is -0.387 e. The molecule has 314 valence electrons. The number of aliphatic hydroxyl groups excluding tert-OH is 2. The van der Waals surface area contributed by atoms with Crippen molar-refractivity contribution < 1.29 is 48.1 Å². The predicted molar refractivity (Wildman–Crippen MR) is 221 cm³/mol. The number of ether oxygens (including phenoxy) is 8. The van der Waals surface area contributed by atoms with E-state index in [1.165, 1.54) is 0 Å². The zero-order valence-electron chi connectivity index (χ0n) is 33.2. The molecule has 2 saturated heterocycles. The molecule has 2 heterocycles. The number of rotatable bonds is 20. The fraction of sp³-hybridized carbons (Fsp3) is 0.362. The first-order chi connectivity index (χ1) is 29.6. The van der Waals surface area contributed by atoms with Gasteiger partial charge in [-0.15, -0.1) is 0 Å². The lowest BCUT2D eigenvalue weighted by Gasteiger charge is -2.48. The Bertz CT molecular complexity index is 2010. The third-order valence-corrected chi connectivity index (χ3v) is 10.4. The maximum atomic E-state index is 11.7. The van der Waals surface area contributed by atoms with Gasteiger partial charge in [0.1, 0.15) is 48.8 Å². The summed E-state index contributed by atoms with van der Waals surface area (Å²) in [6.45, 7) is 0.851. The van der Waals surface area contributed by atoms with Gasteiger partial charge in [0.05, 0.1) is 46.2 Å². The highest BCUT2D eigenvalue weighted by molar-refractivity contribution is 5.17. The highest BCUT2D eigenvalue weighted by Gasteiger charge is 2.53. The maximum absolute atomic E-state index is 11.7. The van der Waals surface area contributed by atoms with Crippen molar-refractivity contribution in [2.45, 2.75) is 94.4 Å². The number of benzene rings is 5. The number of hydrogen-bond acceptors (Lipinski definition) is 11. The molecular formula is C47H51N3O10. The number of aliphatic hydroxyl groups is 2. The van der Waals surface area contributed by atoms with Crippen LogP contribution in [0, 0.1) is 0 Å². The lowest BCUT2D eigenvalue weighted by Crippen LogP contribution is -2.65. The Morgan fingerprint density at radius 1 is 0.467 bits per heavy atom. The van der Waals surface area contributed by atoms with Gasteiger partial charge in [-0.2, -0.15) is 0 Å². The lowest BCUT2D eigenvalue weighted by molar-refractivity contribution is -0.358. The van der Waals surface area contributed by atoms with E-state index in [9.17, 15) is 15.7 Å². The van der Waals surface area contributed by atoms with Gasteiger partial charge in [-0.25, -0.2) is 0 Å². The summed E-state index contributed by atoms with van der Waals surface area (Å²) in [6.07, 6.45) is -10.3. The fourth-order valence-corrected chi connectivity index (χ4v) is 7.21. The summed E-state index contributed by atoms with van der Waals surface area (Å²) in [4.78, 5) is 3.20. The number of azide groups is 1. The van der Waals surface area contributed by atoms with E-state index in [0.29, 0.717) is 0 Å². The average Bonchev–Trinajstić information content (AvgIpc) is 3.29. The van der Waals surface area contributed by atoms with Gasteiger partial charge in [-0.05, 0) is 33.3 Å². The SMILES string of the molecule is [N-]=[N+]=N[C@H]1[C@H](OCc2ccccc2)O[C@H](COCc2ccccc2)[C@@H](O[C@@H]2O[C@H](COCc3ccccc3)[C@H](O)[C@H](O)[C@H]2OCc2ccccc2)[C@@H]1OCc1ccccc1. The topological polar surface area (TPSA) is 163 Å². The van der Waals surface area contributed by atoms with E-state index in [4.69, 9.17) is 37.9 Å². The van der Waals surface area contributed by atoms with Crippen molar-refractivity contribution >= 4 is 0 Å². The second-order valence-electron chi connectivity index (χ2n) is 14.7. The monoisotopic (exact) mass is 817 g/mol. The molecule has 0 radical (unpaired) electrons. The summed E-state index contributed by atoms with van der Waals surface area (Å²) in [6, 6.07) is 46.9. The Kier molecular flexibility index (Phi) is 16.2. The molecule has 0 amide bonds. The van der Waals surface area contributed by atoms with Crippen LogP contribution in [-0.4, -0.2) is 84.8 Å². The molecular weight excluding hydrogens is 767 g/mol. The largest absolute Gasteiger partial charge is 0.387 e. The normalized spacial score (nSPS) is 26.6. The molecule has 2 fully saturated rings. The summed E-state index contributed by atoms with van der Waals surface area (Å²) in [5.74, 6) is 0. The molecule has 2 aliphatic rings. The Balaban J connectivity index is 1.20. The minimum atomic E-state index is -1.45. The van der Waals surface area contributed by atoms with Crippen LogP contribution in [0.2, 0.25) is 0 Å². The molecule has 2 aliphatic heterocycles. The summed E-state index contributed by atoms with van der Waals surface area (Å²) < 4.78 is 51.7. The summed E-state index contributed by atoms with van der Waals surface area (Å²) in [5.41, 5.74) is 14.4. The predicted octanol–water partition coefficient (Wildman–Crippen LogP) is 7.04. The van der Waals surface area contributed by atoms with Gasteiger partial charge in [-0.1, -0.05) is 157 Å². The molecule has 7 rings (SSSR count). The molecule has 0 bridgehead atoms. The van der Waals surface area contributed by atoms with E-state index in [1.54, 1.807) is 0 Å². The van der Waals surface area contributed by atoms with Gasteiger partial charge in [0, 0.05) is 4.91 Å². The van der Waals surface area contributed by atoms with Crippen molar-refractivity contribution in [3.63, 3.8) is 0 Å². The van der Waals surface area contributed by atoms with Crippen LogP contribution < -0.4 is 0 Å². The van der Waals surface area contributed by atoms with Crippen LogP contribution in [0.4, 0.5) is 0 Å². The van der Waals surface area contributed by atoms with Crippen molar-refractivity contribution in [2.24, 2.45) is 5.11 Å². The van der Waals surface area contributed by atoms with Crippen LogP contribution in [0.25, 0.3) is 10.4 Å². The average molecular weight is 818 g/mol. The van der Waals surface area contributed by atoms with Crippen LogP contribution >= 0.6 is 0 Å². The first kappa shape index (κ1) is 43.1. The molecule has 5 aromatic carbocycles. The zero-order valence-corrected chi connectivity index (χ0v) is 33.2. The van der Waals surface area contributed by atoms with Crippen LogP contribution in [0.5, 0.6) is 0 Å². The molecule has 60 heavy (non-hydrogen) atoms. The van der Waals surface area contributed by atoms with Crippen LogP contribution in [0.15, 0.2) is 157 Å².